The van der Waals surface area contributed by atoms with E-state index >= 15 is 0 Å². The van der Waals surface area contributed by atoms with E-state index in [1.807, 2.05) is 0 Å². The molecule has 0 saturated heterocycles. The third-order valence-electron chi connectivity index (χ3n) is 3.28. The van der Waals surface area contributed by atoms with Crippen molar-refractivity contribution in [2.75, 3.05) is 0 Å². The fraction of sp³-hybridized carbons (Fsp3) is 0.938. The van der Waals surface area contributed by atoms with Crippen LogP contribution in [0.4, 0.5) is 22.0 Å². The molecule has 0 radical (unpaired) electrons. The first-order valence-corrected chi connectivity index (χ1v) is 6.87. The van der Waals surface area contributed by atoms with Crippen LogP contribution < -0.4 is 0 Å². The highest BCUT2D eigenvalue weighted by Gasteiger charge is 2.51. The molecule has 0 aromatic rings. The van der Waals surface area contributed by atoms with E-state index in [1.165, 1.54) is 13.8 Å². The van der Waals surface area contributed by atoms with Gasteiger partial charge in [0.25, 0.3) is 5.92 Å². The lowest BCUT2D eigenvalue weighted by Gasteiger charge is -2.31. The maximum atomic E-state index is 13.8. The Hall–Kier alpha value is -0.880. The first-order valence-electron chi connectivity index (χ1n) is 6.87. The largest absolute Gasteiger partial charge is 0.456 e. The van der Waals surface area contributed by atoms with Gasteiger partial charge in [-0.2, -0.15) is 13.2 Å². The predicted molar refractivity (Wildman–Crippen MR) is 82.5 cm³/mol. The summed E-state index contributed by atoms with van der Waals surface area (Å²) in [7, 11) is 0. The van der Waals surface area contributed by atoms with Crippen molar-refractivity contribution in [1.29, 1.82) is 0 Å². The van der Waals surface area contributed by atoms with Crippen molar-refractivity contribution in [2.45, 2.75) is 86.9 Å². The molecule has 0 spiro atoms. The Morgan fingerprint density at radius 1 is 1.04 bits per heavy atom. The molecule has 0 aliphatic rings. The highest BCUT2D eigenvalue weighted by molar-refractivity contribution is 5.76. The quantitative estimate of drug-likeness (QED) is 0.401. The Bertz CT molecular complexity index is 349. The van der Waals surface area contributed by atoms with Crippen molar-refractivity contribution in [1.82, 2.24) is 0 Å². The highest BCUT2D eigenvalue weighted by Crippen LogP contribution is 2.38. The van der Waals surface area contributed by atoms with Gasteiger partial charge in [0, 0.05) is 0 Å². The Morgan fingerprint density at radius 3 is 1.78 bits per heavy atom. The molecule has 23 heavy (non-hydrogen) atoms. The molecule has 0 amide bonds. The minimum atomic E-state index is -5.02. The number of ether oxygens (including phenoxy) is 1. The molecule has 0 aromatic carbocycles. The molecular formula is C16H31F5O2. The minimum absolute atomic E-state index is 0. The number of carbonyl (C=O) groups excluding carboxylic acids is 1. The van der Waals surface area contributed by atoms with E-state index in [1.54, 1.807) is 20.8 Å². The lowest BCUT2D eigenvalue weighted by molar-refractivity contribution is -0.228. The van der Waals surface area contributed by atoms with E-state index in [-0.39, 0.29) is 27.2 Å². The Labute approximate surface area is 136 Å². The van der Waals surface area contributed by atoms with Crippen LogP contribution in [0.25, 0.3) is 0 Å². The van der Waals surface area contributed by atoms with Crippen molar-refractivity contribution in [3.05, 3.63) is 0 Å². The second-order valence-corrected chi connectivity index (χ2v) is 6.31. The van der Waals surface area contributed by atoms with Crippen LogP contribution in [0.1, 0.15) is 68.7 Å². The zero-order valence-corrected chi connectivity index (χ0v) is 13.0. The molecule has 2 nitrogen and oxygen atoms in total. The summed E-state index contributed by atoms with van der Waals surface area (Å²) >= 11 is 0. The Morgan fingerprint density at radius 2 is 1.48 bits per heavy atom. The number of esters is 1. The maximum Gasteiger partial charge on any atom is 0.395 e. The van der Waals surface area contributed by atoms with Crippen molar-refractivity contribution in [3.8, 4) is 0 Å². The first-order chi connectivity index (χ1) is 9.21. The summed E-state index contributed by atoms with van der Waals surface area (Å²) < 4.78 is 69.1. The fourth-order valence-electron chi connectivity index (χ4n) is 1.55. The molecule has 0 heterocycles. The summed E-state index contributed by atoms with van der Waals surface area (Å²) in [5.41, 5.74) is -1.01. The van der Waals surface area contributed by atoms with E-state index in [2.05, 4.69) is 0 Å². The first kappa shape index (κ1) is 27.0. The van der Waals surface area contributed by atoms with Gasteiger partial charge in [-0.25, -0.2) is 8.78 Å². The summed E-state index contributed by atoms with van der Waals surface area (Å²) in [6.45, 7) is 7.84. The number of alkyl halides is 5. The highest BCUT2D eigenvalue weighted by atomic mass is 19.4. The van der Waals surface area contributed by atoms with Crippen LogP contribution in [0, 0.1) is 11.3 Å². The van der Waals surface area contributed by atoms with Crippen molar-refractivity contribution >= 4 is 5.97 Å². The average molecular weight is 350 g/mol. The standard InChI is InChI=1S/C14H23F5O2.2CH4/c1-6-12(4,5)11(20)21-10(7-9(2)3)13(15,16)8-14(17,18)19;;/h9-10H,6-8H2,1-5H3;2*1H4. The van der Waals surface area contributed by atoms with Gasteiger partial charge < -0.3 is 4.74 Å². The molecule has 0 aliphatic heterocycles. The Balaban J connectivity index is -0.00000200. The van der Waals surface area contributed by atoms with Gasteiger partial charge in [0.1, 0.15) is 6.42 Å². The topological polar surface area (TPSA) is 26.3 Å². The molecule has 0 fully saturated rings. The molecule has 0 bridgehead atoms. The Kier molecular flexibility index (Phi) is 11.1. The van der Waals surface area contributed by atoms with Crippen LogP contribution in [0.15, 0.2) is 0 Å². The fourth-order valence-corrected chi connectivity index (χ4v) is 1.55. The molecular weight excluding hydrogens is 319 g/mol. The van der Waals surface area contributed by atoms with Gasteiger partial charge in [0.05, 0.1) is 5.41 Å². The molecule has 142 valence electrons. The number of carbonyl (C=O) groups is 1. The van der Waals surface area contributed by atoms with Gasteiger partial charge in [-0.3, -0.25) is 4.79 Å². The predicted octanol–water partition coefficient (Wildman–Crippen LogP) is 6.24. The van der Waals surface area contributed by atoms with Crippen LogP contribution >= 0.6 is 0 Å². The number of rotatable bonds is 7. The minimum Gasteiger partial charge on any atom is -0.456 e. The van der Waals surface area contributed by atoms with Crippen molar-refractivity contribution in [2.24, 2.45) is 11.3 Å². The molecule has 0 N–H and O–H groups in total. The molecule has 1 atom stereocenters. The number of hydrogen-bond acceptors (Lipinski definition) is 2. The summed E-state index contributed by atoms with van der Waals surface area (Å²) in [5, 5.41) is 0. The molecule has 0 rings (SSSR count). The monoisotopic (exact) mass is 350 g/mol. The summed E-state index contributed by atoms with van der Waals surface area (Å²) in [6.07, 6.45) is -9.38. The van der Waals surface area contributed by atoms with Gasteiger partial charge in [0.2, 0.25) is 0 Å². The smallest absolute Gasteiger partial charge is 0.395 e. The van der Waals surface area contributed by atoms with Gasteiger partial charge in [0.15, 0.2) is 6.10 Å². The van der Waals surface area contributed by atoms with Crippen LogP contribution in [-0.4, -0.2) is 24.2 Å². The van der Waals surface area contributed by atoms with Gasteiger partial charge >= 0.3 is 12.1 Å². The average Bonchev–Trinajstić information content (AvgIpc) is 2.24. The molecule has 1 unspecified atom stereocenters. The van der Waals surface area contributed by atoms with E-state index in [4.69, 9.17) is 4.74 Å². The lowest BCUT2D eigenvalue weighted by Crippen LogP contribution is -2.44. The van der Waals surface area contributed by atoms with Gasteiger partial charge in [-0.1, -0.05) is 35.6 Å². The number of halogens is 5. The molecule has 0 saturated carbocycles. The zero-order valence-electron chi connectivity index (χ0n) is 13.0. The lowest BCUT2D eigenvalue weighted by atomic mass is 9.90. The van der Waals surface area contributed by atoms with E-state index in [0.717, 1.165) is 0 Å². The van der Waals surface area contributed by atoms with Crippen LogP contribution in [0.2, 0.25) is 0 Å². The molecule has 0 aliphatic carbocycles. The van der Waals surface area contributed by atoms with Crippen molar-refractivity contribution in [3.63, 3.8) is 0 Å². The van der Waals surface area contributed by atoms with Gasteiger partial charge in [-0.15, -0.1) is 0 Å². The zero-order chi connectivity index (χ0) is 17.1. The normalized spacial score (nSPS) is 13.9. The van der Waals surface area contributed by atoms with E-state index in [9.17, 15) is 26.7 Å². The summed E-state index contributed by atoms with van der Waals surface area (Å²) in [5.74, 6) is -5.37. The summed E-state index contributed by atoms with van der Waals surface area (Å²) in [4.78, 5) is 11.9. The number of hydrogen-bond donors (Lipinski definition) is 0. The maximum absolute atomic E-state index is 13.8. The molecule has 0 aromatic heterocycles. The second kappa shape index (κ2) is 9.42. The van der Waals surface area contributed by atoms with Crippen molar-refractivity contribution < 1.29 is 31.5 Å². The summed E-state index contributed by atoms with van der Waals surface area (Å²) in [6, 6.07) is 0. The molecule has 7 heteroatoms. The van der Waals surface area contributed by atoms with Gasteiger partial charge in [-0.05, 0) is 32.6 Å². The van der Waals surface area contributed by atoms with E-state index < -0.39 is 36.0 Å². The third-order valence-corrected chi connectivity index (χ3v) is 3.28. The van der Waals surface area contributed by atoms with Crippen LogP contribution in [0.5, 0.6) is 0 Å². The third kappa shape index (κ3) is 9.76. The second-order valence-electron chi connectivity index (χ2n) is 6.31. The van der Waals surface area contributed by atoms with Crippen LogP contribution in [-0.2, 0) is 9.53 Å². The van der Waals surface area contributed by atoms with Crippen LogP contribution in [0.3, 0.4) is 0 Å². The SMILES string of the molecule is C.C.CCC(C)(C)C(=O)OC(CC(C)C)C(F)(F)CC(F)(F)F. The van der Waals surface area contributed by atoms with E-state index in [0.29, 0.717) is 6.42 Å².